The second-order valence-electron chi connectivity index (χ2n) is 4.43. The molecule has 0 atom stereocenters. The van der Waals surface area contributed by atoms with Crippen molar-refractivity contribution in [2.45, 2.75) is 37.1 Å². The molecule has 20 heavy (non-hydrogen) atoms. The maximum Gasteiger partial charge on any atom is 0.244 e. The molecule has 0 aliphatic rings. The third-order valence-electron chi connectivity index (χ3n) is 3.35. The summed E-state index contributed by atoms with van der Waals surface area (Å²) >= 11 is 0.986. The Kier molecular flexibility index (Phi) is 4.09. The van der Waals surface area contributed by atoms with Gasteiger partial charge < -0.3 is 0 Å². The largest absolute Gasteiger partial charge is 0.244 e. The fourth-order valence-electron chi connectivity index (χ4n) is 1.94. The molecule has 1 aromatic carbocycles. The zero-order valence-electron chi connectivity index (χ0n) is 11.3. The number of sulfonamides is 1. The molecule has 0 fully saturated rings. The molecule has 2 aromatic rings. The summed E-state index contributed by atoms with van der Waals surface area (Å²) in [6, 6.07) is 4.89. The molecule has 0 aliphatic heterocycles. The van der Waals surface area contributed by atoms with E-state index in [1.807, 2.05) is 13.8 Å². The first-order valence-corrected chi connectivity index (χ1v) is 8.42. The summed E-state index contributed by atoms with van der Waals surface area (Å²) in [5.74, 6) is 2.56. The van der Waals surface area contributed by atoms with Crippen molar-refractivity contribution in [3.63, 3.8) is 0 Å². The van der Waals surface area contributed by atoms with Gasteiger partial charge in [0.2, 0.25) is 10.0 Å². The molecule has 1 heterocycles. The van der Waals surface area contributed by atoms with E-state index in [0.29, 0.717) is 23.9 Å². The van der Waals surface area contributed by atoms with Gasteiger partial charge in [-0.1, -0.05) is 25.8 Å². The molecule has 0 aliphatic carbocycles. The van der Waals surface area contributed by atoms with Gasteiger partial charge in [-0.2, -0.15) is 13.5 Å². The highest BCUT2D eigenvalue weighted by atomic mass is 32.2. The Labute approximate surface area is 122 Å². The second-order valence-corrected chi connectivity index (χ2v) is 6.61. The SMILES string of the molecule is C#CC(CC)(CC)NS(=O)(=O)c1cccc2nsnc12. The molecule has 5 nitrogen and oxygen atoms in total. The number of nitrogens with zero attached hydrogens (tertiary/aromatic N) is 2. The van der Waals surface area contributed by atoms with Crippen LogP contribution in [0.3, 0.4) is 0 Å². The predicted octanol–water partition coefficient (Wildman–Crippen LogP) is 2.16. The highest BCUT2D eigenvalue weighted by Gasteiger charge is 2.31. The molecular formula is C13H15N3O2S2. The van der Waals surface area contributed by atoms with Gasteiger partial charge in [0, 0.05) is 0 Å². The van der Waals surface area contributed by atoms with Crippen molar-refractivity contribution in [3.8, 4) is 12.3 Å². The average molecular weight is 309 g/mol. The molecule has 0 saturated heterocycles. The molecular weight excluding hydrogens is 294 g/mol. The molecule has 0 amide bonds. The van der Waals surface area contributed by atoms with Crippen LogP contribution in [0.15, 0.2) is 23.1 Å². The molecule has 0 unspecified atom stereocenters. The second kappa shape index (κ2) is 5.48. The van der Waals surface area contributed by atoms with E-state index in [1.54, 1.807) is 12.1 Å². The van der Waals surface area contributed by atoms with Crippen molar-refractivity contribution in [2.24, 2.45) is 0 Å². The Morgan fingerprint density at radius 1 is 1.35 bits per heavy atom. The van der Waals surface area contributed by atoms with Gasteiger partial charge in [-0.25, -0.2) is 8.42 Å². The van der Waals surface area contributed by atoms with Crippen molar-refractivity contribution in [1.82, 2.24) is 13.5 Å². The van der Waals surface area contributed by atoms with Gasteiger partial charge in [-0.3, -0.25) is 0 Å². The van der Waals surface area contributed by atoms with Crippen LogP contribution >= 0.6 is 11.7 Å². The van der Waals surface area contributed by atoms with Crippen LogP contribution in [0, 0.1) is 12.3 Å². The number of aromatic nitrogens is 2. The van der Waals surface area contributed by atoms with Crippen molar-refractivity contribution >= 4 is 32.8 Å². The van der Waals surface area contributed by atoms with E-state index in [4.69, 9.17) is 6.42 Å². The maximum atomic E-state index is 12.6. The summed E-state index contributed by atoms with van der Waals surface area (Å²) in [6.45, 7) is 3.72. The van der Waals surface area contributed by atoms with Crippen molar-refractivity contribution in [3.05, 3.63) is 18.2 Å². The minimum atomic E-state index is -3.74. The molecule has 1 aromatic heterocycles. The summed E-state index contributed by atoms with van der Waals surface area (Å²) in [5, 5.41) is 0. The molecule has 7 heteroatoms. The van der Waals surface area contributed by atoms with E-state index >= 15 is 0 Å². The minimum Gasteiger partial charge on any atom is -0.207 e. The van der Waals surface area contributed by atoms with Crippen molar-refractivity contribution in [2.75, 3.05) is 0 Å². The van der Waals surface area contributed by atoms with Gasteiger partial charge >= 0.3 is 0 Å². The first kappa shape index (κ1) is 14.9. The molecule has 0 radical (unpaired) electrons. The van der Waals surface area contributed by atoms with Crippen LogP contribution in [0.25, 0.3) is 11.0 Å². The lowest BCUT2D eigenvalue weighted by atomic mass is 9.96. The number of hydrogen-bond acceptors (Lipinski definition) is 5. The quantitative estimate of drug-likeness (QED) is 0.859. The molecule has 2 rings (SSSR count). The normalized spacial score (nSPS) is 12.4. The van der Waals surface area contributed by atoms with Gasteiger partial charge in [0.05, 0.1) is 17.3 Å². The summed E-state index contributed by atoms with van der Waals surface area (Å²) < 4.78 is 35.9. The first-order valence-electron chi connectivity index (χ1n) is 6.21. The lowest BCUT2D eigenvalue weighted by molar-refractivity contribution is 0.452. The monoisotopic (exact) mass is 309 g/mol. The van der Waals surface area contributed by atoms with Crippen molar-refractivity contribution < 1.29 is 8.42 Å². The summed E-state index contributed by atoms with van der Waals surface area (Å²) in [5.41, 5.74) is 0.0741. The Morgan fingerprint density at radius 3 is 2.65 bits per heavy atom. The van der Waals surface area contributed by atoms with Crippen LogP contribution in [0.5, 0.6) is 0 Å². The van der Waals surface area contributed by atoms with E-state index in [1.165, 1.54) is 6.07 Å². The number of hydrogen-bond donors (Lipinski definition) is 1. The Balaban J connectivity index is 2.51. The van der Waals surface area contributed by atoms with E-state index in [9.17, 15) is 8.42 Å². The van der Waals surface area contributed by atoms with Crippen LogP contribution in [-0.4, -0.2) is 22.7 Å². The molecule has 0 spiro atoms. The first-order chi connectivity index (χ1) is 9.48. The van der Waals surface area contributed by atoms with Crippen LogP contribution < -0.4 is 4.72 Å². The lowest BCUT2D eigenvalue weighted by Gasteiger charge is -2.26. The number of nitrogens with one attached hydrogen (secondary N) is 1. The Hall–Kier alpha value is -1.49. The summed E-state index contributed by atoms with van der Waals surface area (Å²) in [4.78, 5) is 0.116. The van der Waals surface area contributed by atoms with Crippen LogP contribution in [0.1, 0.15) is 26.7 Å². The third-order valence-corrected chi connectivity index (χ3v) is 5.46. The average Bonchev–Trinajstić information content (AvgIpc) is 2.93. The fourth-order valence-corrected chi connectivity index (χ4v) is 4.18. The summed E-state index contributed by atoms with van der Waals surface area (Å²) in [7, 11) is -3.74. The number of rotatable bonds is 5. The molecule has 1 N–H and O–H groups in total. The van der Waals surface area contributed by atoms with E-state index in [-0.39, 0.29) is 4.90 Å². The zero-order chi connectivity index (χ0) is 14.8. The lowest BCUT2D eigenvalue weighted by Crippen LogP contribution is -2.46. The molecule has 106 valence electrons. The smallest absolute Gasteiger partial charge is 0.207 e. The number of benzene rings is 1. The van der Waals surface area contributed by atoms with E-state index < -0.39 is 15.6 Å². The van der Waals surface area contributed by atoms with Gasteiger partial charge in [0.25, 0.3) is 0 Å². The topological polar surface area (TPSA) is 72.0 Å². The van der Waals surface area contributed by atoms with Gasteiger partial charge in [-0.15, -0.1) is 6.42 Å². The maximum absolute atomic E-state index is 12.6. The molecule has 0 bridgehead atoms. The summed E-state index contributed by atoms with van der Waals surface area (Å²) in [6.07, 6.45) is 6.54. The Bertz CT molecular complexity index is 755. The van der Waals surface area contributed by atoms with E-state index in [0.717, 1.165) is 11.7 Å². The third kappa shape index (κ3) is 2.54. The van der Waals surface area contributed by atoms with Crippen LogP contribution in [0.2, 0.25) is 0 Å². The minimum absolute atomic E-state index is 0.116. The van der Waals surface area contributed by atoms with Crippen LogP contribution in [0.4, 0.5) is 0 Å². The number of terminal acetylenes is 1. The van der Waals surface area contributed by atoms with Crippen LogP contribution in [-0.2, 0) is 10.0 Å². The van der Waals surface area contributed by atoms with E-state index in [2.05, 4.69) is 19.4 Å². The number of fused-ring (bicyclic) bond motifs is 1. The Morgan fingerprint density at radius 2 is 2.05 bits per heavy atom. The van der Waals surface area contributed by atoms with Crippen molar-refractivity contribution in [1.29, 1.82) is 0 Å². The highest BCUT2D eigenvalue weighted by molar-refractivity contribution is 7.89. The fraction of sp³-hybridized carbons (Fsp3) is 0.385. The standard InChI is InChI=1S/C13H15N3O2S2/c1-4-13(5-2,6-3)16-20(17,18)11-9-7-8-10-12(11)15-19-14-10/h1,7-9,16H,5-6H2,2-3H3. The molecule has 0 saturated carbocycles. The van der Waals surface area contributed by atoms with Gasteiger partial charge in [-0.05, 0) is 25.0 Å². The highest BCUT2D eigenvalue weighted by Crippen LogP contribution is 2.24. The predicted molar refractivity (Wildman–Crippen MR) is 79.9 cm³/mol. The van der Waals surface area contributed by atoms with Gasteiger partial charge in [0.1, 0.15) is 15.9 Å². The van der Waals surface area contributed by atoms with Gasteiger partial charge in [0.15, 0.2) is 0 Å². The zero-order valence-corrected chi connectivity index (χ0v) is 12.9.